The second kappa shape index (κ2) is 7.63. The number of aliphatic hydroxyl groups excluding tert-OH is 8. The number of aliphatic hydroxyl groups is 8. The molecule has 10 atom stereocenters. The van der Waals surface area contributed by atoms with Crippen LogP contribution in [-0.4, -0.2) is 115 Å². The largest absolute Gasteiger partial charge is 0.394 e. The summed E-state index contributed by atoms with van der Waals surface area (Å²) in [5, 5.41) is 76.5. The van der Waals surface area contributed by atoms with Crippen molar-refractivity contribution in [1.29, 1.82) is 0 Å². The molecule has 2 rings (SSSR count). The molecule has 8 N–H and O–H groups in total. The average Bonchev–Trinajstić information content (AvgIpc) is 2.55. The summed E-state index contributed by atoms with van der Waals surface area (Å²) in [6, 6.07) is 0. The summed E-state index contributed by atoms with van der Waals surface area (Å²) in [7, 11) is 0. The minimum Gasteiger partial charge on any atom is -0.394 e. The SMILES string of the molecule is OCC1O[C@@H](O[C@H]2C(O)C(O)C(O)O[C@H]2CO)C(O)C(O)[C@H]1O. The normalized spacial score (nSPS) is 51.7. The highest BCUT2D eigenvalue weighted by molar-refractivity contribution is 4.93. The van der Waals surface area contributed by atoms with Crippen molar-refractivity contribution in [3.8, 4) is 0 Å². The zero-order valence-electron chi connectivity index (χ0n) is 12.0. The van der Waals surface area contributed by atoms with Gasteiger partial charge in [-0.25, -0.2) is 0 Å². The quantitative estimate of drug-likeness (QED) is 0.243. The fourth-order valence-electron chi connectivity index (χ4n) is 2.57. The van der Waals surface area contributed by atoms with Crippen molar-refractivity contribution in [3.05, 3.63) is 0 Å². The van der Waals surface area contributed by atoms with Crippen LogP contribution in [0.5, 0.6) is 0 Å². The molecule has 0 aromatic rings. The van der Waals surface area contributed by atoms with Gasteiger partial charge in [-0.2, -0.15) is 0 Å². The molecule has 6 unspecified atom stereocenters. The van der Waals surface area contributed by atoms with Gasteiger partial charge in [0.05, 0.1) is 13.2 Å². The molecule has 0 aromatic carbocycles. The molecule has 136 valence electrons. The molecule has 2 aliphatic heterocycles. The van der Waals surface area contributed by atoms with Gasteiger partial charge in [-0.1, -0.05) is 0 Å². The van der Waals surface area contributed by atoms with Gasteiger partial charge in [0.25, 0.3) is 0 Å². The smallest absolute Gasteiger partial charge is 0.187 e. The summed E-state index contributed by atoms with van der Waals surface area (Å²) in [5.74, 6) is 0. The first-order valence-electron chi connectivity index (χ1n) is 7.08. The van der Waals surface area contributed by atoms with E-state index in [1.54, 1.807) is 0 Å². The minimum absolute atomic E-state index is 0.667. The number of rotatable bonds is 4. The van der Waals surface area contributed by atoms with Gasteiger partial charge >= 0.3 is 0 Å². The van der Waals surface area contributed by atoms with Crippen molar-refractivity contribution in [2.75, 3.05) is 13.2 Å². The third-order valence-electron chi connectivity index (χ3n) is 3.98. The first-order valence-corrected chi connectivity index (χ1v) is 7.08. The van der Waals surface area contributed by atoms with Crippen LogP contribution in [0.1, 0.15) is 0 Å². The molecular formula is C12H22O11. The molecule has 2 aliphatic rings. The summed E-state index contributed by atoms with van der Waals surface area (Å²) < 4.78 is 15.3. The van der Waals surface area contributed by atoms with Crippen molar-refractivity contribution >= 4 is 0 Å². The minimum atomic E-state index is -1.74. The summed E-state index contributed by atoms with van der Waals surface area (Å²) in [5.41, 5.74) is 0. The Balaban J connectivity index is 2.11. The lowest BCUT2D eigenvalue weighted by molar-refractivity contribution is -0.355. The average molecular weight is 342 g/mol. The molecule has 0 radical (unpaired) electrons. The summed E-state index contributed by atoms with van der Waals surface area (Å²) in [4.78, 5) is 0. The highest BCUT2D eigenvalue weighted by Crippen LogP contribution is 2.28. The van der Waals surface area contributed by atoms with E-state index in [0.717, 1.165) is 0 Å². The molecule has 0 saturated carbocycles. The number of ether oxygens (including phenoxy) is 3. The summed E-state index contributed by atoms with van der Waals surface area (Å²) >= 11 is 0. The molecule has 2 heterocycles. The lowest BCUT2D eigenvalue weighted by Crippen LogP contribution is -2.64. The molecule has 11 nitrogen and oxygen atoms in total. The molecule has 0 aliphatic carbocycles. The maximum atomic E-state index is 9.94. The summed E-state index contributed by atoms with van der Waals surface area (Å²) in [6.07, 6.45) is -15.6. The topological polar surface area (TPSA) is 190 Å². The van der Waals surface area contributed by atoms with E-state index >= 15 is 0 Å². The van der Waals surface area contributed by atoms with Crippen LogP contribution < -0.4 is 0 Å². The van der Waals surface area contributed by atoms with Gasteiger partial charge in [-0.3, -0.25) is 0 Å². The molecule has 2 fully saturated rings. The van der Waals surface area contributed by atoms with E-state index in [1.807, 2.05) is 0 Å². The van der Waals surface area contributed by atoms with Crippen molar-refractivity contribution in [1.82, 2.24) is 0 Å². The van der Waals surface area contributed by atoms with Crippen LogP contribution in [-0.2, 0) is 14.2 Å². The fourth-order valence-corrected chi connectivity index (χ4v) is 2.57. The van der Waals surface area contributed by atoms with Gasteiger partial charge in [0.1, 0.15) is 48.8 Å². The van der Waals surface area contributed by atoms with Crippen LogP contribution in [0.2, 0.25) is 0 Å². The third-order valence-corrected chi connectivity index (χ3v) is 3.98. The molecule has 11 heteroatoms. The summed E-state index contributed by atoms with van der Waals surface area (Å²) in [6.45, 7) is -1.35. The van der Waals surface area contributed by atoms with Gasteiger partial charge in [-0.05, 0) is 0 Å². The van der Waals surface area contributed by atoms with Gasteiger partial charge in [0.15, 0.2) is 12.6 Å². The Hall–Kier alpha value is -0.440. The number of hydrogen-bond donors (Lipinski definition) is 8. The van der Waals surface area contributed by atoms with Crippen molar-refractivity contribution < 1.29 is 55.1 Å². The highest BCUT2D eigenvalue weighted by atomic mass is 16.7. The van der Waals surface area contributed by atoms with Crippen LogP contribution in [0.4, 0.5) is 0 Å². The third kappa shape index (κ3) is 3.65. The first-order chi connectivity index (χ1) is 10.8. The van der Waals surface area contributed by atoms with Crippen molar-refractivity contribution in [3.63, 3.8) is 0 Å². The Morgan fingerprint density at radius 2 is 1.26 bits per heavy atom. The predicted octanol–water partition coefficient (Wildman–Crippen LogP) is -5.40. The van der Waals surface area contributed by atoms with E-state index < -0.39 is 74.6 Å². The second-order valence-corrected chi connectivity index (χ2v) is 5.53. The lowest BCUT2D eigenvalue weighted by atomic mass is 9.97. The highest BCUT2D eigenvalue weighted by Gasteiger charge is 2.50. The van der Waals surface area contributed by atoms with Crippen LogP contribution in [0, 0.1) is 0 Å². The fraction of sp³-hybridized carbons (Fsp3) is 1.00. The zero-order chi connectivity index (χ0) is 17.3. The zero-order valence-corrected chi connectivity index (χ0v) is 12.0. The van der Waals surface area contributed by atoms with Gasteiger partial charge in [-0.15, -0.1) is 0 Å². The molecule has 0 aromatic heterocycles. The Morgan fingerprint density at radius 1 is 0.652 bits per heavy atom. The molecule has 0 bridgehead atoms. The lowest BCUT2D eigenvalue weighted by Gasteiger charge is -2.45. The predicted molar refractivity (Wildman–Crippen MR) is 68.6 cm³/mol. The van der Waals surface area contributed by atoms with E-state index in [4.69, 9.17) is 19.3 Å². The van der Waals surface area contributed by atoms with Crippen LogP contribution in [0.15, 0.2) is 0 Å². The Kier molecular flexibility index (Phi) is 6.27. The monoisotopic (exact) mass is 342 g/mol. The van der Waals surface area contributed by atoms with Gasteiger partial charge < -0.3 is 55.1 Å². The van der Waals surface area contributed by atoms with Crippen LogP contribution in [0.3, 0.4) is 0 Å². The van der Waals surface area contributed by atoms with E-state index in [1.165, 1.54) is 0 Å². The van der Waals surface area contributed by atoms with Crippen molar-refractivity contribution in [2.45, 2.75) is 61.4 Å². The van der Waals surface area contributed by atoms with Gasteiger partial charge in [0.2, 0.25) is 0 Å². The van der Waals surface area contributed by atoms with Crippen LogP contribution >= 0.6 is 0 Å². The van der Waals surface area contributed by atoms with E-state index in [0.29, 0.717) is 0 Å². The van der Waals surface area contributed by atoms with Gasteiger partial charge in [0, 0.05) is 0 Å². The van der Waals surface area contributed by atoms with E-state index in [-0.39, 0.29) is 0 Å². The Labute approximate surface area is 130 Å². The standard InChI is InChI=1S/C12H22O11/c13-1-3-5(15)6(16)9(19)12(22-3)23-10-4(2-14)21-11(20)8(18)7(10)17/h3-20H,1-2H2/t3?,4-,5-,6?,7?,8?,9?,10+,11?,12-/m0/s1. The first kappa shape index (κ1) is 18.9. The van der Waals surface area contributed by atoms with E-state index in [2.05, 4.69) is 0 Å². The van der Waals surface area contributed by atoms with Crippen LogP contribution in [0.25, 0.3) is 0 Å². The Morgan fingerprint density at radius 3 is 1.83 bits per heavy atom. The van der Waals surface area contributed by atoms with E-state index in [9.17, 15) is 35.7 Å². The maximum Gasteiger partial charge on any atom is 0.187 e. The van der Waals surface area contributed by atoms with Crippen molar-refractivity contribution in [2.24, 2.45) is 0 Å². The molecule has 23 heavy (non-hydrogen) atoms. The second-order valence-electron chi connectivity index (χ2n) is 5.53. The maximum absolute atomic E-state index is 9.94. The molecule has 0 amide bonds. The molecular weight excluding hydrogens is 320 g/mol. The molecule has 2 saturated heterocycles. The Bertz CT molecular complexity index is 378. The number of hydrogen-bond acceptors (Lipinski definition) is 11. The molecule has 0 spiro atoms.